The van der Waals surface area contributed by atoms with Gasteiger partial charge in [-0.05, 0) is 61.4 Å². The van der Waals surface area contributed by atoms with E-state index in [0.717, 1.165) is 44.1 Å². The fourth-order valence-corrected chi connectivity index (χ4v) is 6.25. The van der Waals surface area contributed by atoms with Crippen molar-refractivity contribution in [3.8, 4) is 0 Å². The quantitative estimate of drug-likeness (QED) is 0.782. The van der Waals surface area contributed by atoms with E-state index in [2.05, 4.69) is 11.4 Å². The van der Waals surface area contributed by atoms with Crippen LogP contribution in [0.4, 0.5) is 0 Å². The van der Waals surface area contributed by atoms with Crippen LogP contribution >= 0.6 is 11.6 Å². The molecule has 0 bridgehead atoms. The minimum atomic E-state index is -3.71. The van der Waals surface area contributed by atoms with Gasteiger partial charge in [-0.25, -0.2) is 8.42 Å². The predicted molar refractivity (Wildman–Crippen MR) is 114 cm³/mol. The summed E-state index contributed by atoms with van der Waals surface area (Å²) in [7, 11) is -3.71. The van der Waals surface area contributed by atoms with Crippen LogP contribution in [0, 0.1) is 0 Å². The maximum absolute atomic E-state index is 13.0. The number of nitrogens with zero attached hydrogens (tertiary/aromatic N) is 1. The number of hydrogen-bond donors (Lipinski definition) is 1. The Labute approximate surface area is 177 Å². The normalized spacial score (nSPS) is 20.1. The van der Waals surface area contributed by atoms with Crippen molar-refractivity contribution in [2.45, 2.75) is 49.5 Å². The van der Waals surface area contributed by atoms with Crippen molar-refractivity contribution in [1.29, 1.82) is 0 Å². The van der Waals surface area contributed by atoms with Crippen LogP contribution in [0.2, 0.25) is 5.02 Å². The molecule has 29 heavy (non-hydrogen) atoms. The number of fused-ring (bicyclic) bond motifs is 1. The summed E-state index contributed by atoms with van der Waals surface area (Å²) in [6.45, 7) is 0.988. The first-order valence-electron chi connectivity index (χ1n) is 10.2. The number of carbonyl (C=O) groups is 1. The van der Waals surface area contributed by atoms with Crippen molar-refractivity contribution in [2.75, 3.05) is 13.1 Å². The fraction of sp³-hybridized carbons (Fsp3) is 0.409. The van der Waals surface area contributed by atoms with E-state index in [4.69, 9.17) is 11.6 Å². The summed E-state index contributed by atoms with van der Waals surface area (Å²) in [5.74, 6) is -0.279. The second kappa shape index (κ2) is 8.46. The summed E-state index contributed by atoms with van der Waals surface area (Å²) in [5.41, 5.74) is 2.71. The van der Waals surface area contributed by atoms with Gasteiger partial charge in [0.05, 0.1) is 11.1 Å². The highest BCUT2D eigenvalue weighted by molar-refractivity contribution is 7.89. The van der Waals surface area contributed by atoms with Gasteiger partial charge in [0.25, 0.3) is 5.91 Å². The highest BCUT2D eigenvalue weighted by Crippen LogP contribution is 2.31. The Morgan fingerprint density at radius 2 is 1.79 bits per heavy atom. The summed E-state index contributed by atoms with van der Waals surface area (Å²) >= 11 is 6.23. The van der Waals surface area contributed by atoms with Crippen LogP contribution in [0.1, 0.15) is 59.6 Å². The molecule has 1 heterocycles. The number of halogens is 1. The topological polar surface area (TPSA) is 66.5 Å². The third-order valence-corrected chi connectivity index (χ3v) is 8.18. The van der Waals surface area contributed by atoms with Crippen LogP contribution in [0.5, 0.6) is 0 Å². The average Bonchev–Trinajstić information content (AvgIpc) is 2.75. The lowest BCUT2D eigenvalue weighted by atomic mass is 9.87. The molecule has 1 amide bonds. The molecule has 1 saturated heterocycles. The lowest BCUT2D eigenvalue weighted by Crippen LogP contribution is -2.36. The van der Waals surface area contributed by atoms with Gasteiger partial charge in [-0.3, -0.25) is 4.79 Å². The Balaban J connectivity index is 1.58. The molecule has 7 heteroatoms. The van der Waals surface area contributed by atoms with Gasteiger partial charge in [-0.1, -0.05) is 42.3 Å². The molecule has 0 spiro atoms. The van der Waals surface area contributed by atoms with E-state index in [-0.39, 0.29) is 21.9 Å². The molecule has 2 aliphatic rings. The van der Waals surface area contributed by atoms with Crippen LogP contribution in [-0.2, 0) is 16.4 Å². The van der Waals surface area contributed by atoms with Gasteiger partial charge in [-0.15, -0.1) is 0 Å². The Morgan fingerprint density at radius 1 is 1.03 bits per heavy atom. The number of amides is 1. The van der Waals surface area contributed by atoms with Gasteiger partial charge in [0, 0.05) is 18.7 Å². The van der Waals surface area contributed by atoms with Gasteiger partial charge in [0.15, 0.2) is 0 Å². The van der Waals surface area contributed by atoms with E-state index in [9.17, 15) is 13.2 Å². The standard InChI is InChI=1S/C22H25ClN2O3S/c23-19-12-11-17(15-21(19)29(27,28)25-13-4-1-5-14-25)22(26)24-20-10-6-8-16-7-2-3-9-18(16)20/h2-3,7,9,11-12,15,20H,1,4-6,8,10,13-14H2,(H,24,26)/t20-/m1/s1. The number of aryl methyl sites for hydroxylation is 1. The Hall–Kier alpha value is -1.89. The third kappa shape index (κ3) is 4.20. The first kappa shape index (κ1) is 20.4. The highest BCUT2D eigenvalue weighted by Gasteiger charge is 2.29. The summed E-state index contributed by atoms with van der Waals surface area (Å²) in [6.07, 6.45) is 5.62. The van der Waals surface area contributed by atoms with E-state index in [1.165, 1.54) is 22.0 Å². The molecule has 1 atom stereocenters. The predicted octanol–water partition coefficient (Wildman–Crippen LogP) is 4.32. The number of benzene rings is 2. The summed E-state index contributed by atoms with van der Waals surface area (Å²) < 4.78 is 27.6. The minimum Gasteiger partial charge on any atom is -0.345 e. The van der Waals surface area contributed by atoms with Gasteiger partial charge in [0.1, 0.15) is 4.90 Å². The maximum Gasteiger partial charge on any atom is 0.251 e. The number of nitrogens with one attached hydrogen (secondary N) is 1. The van der Waals surface area contributed by atoms with Gasteiger partial charge >= 0.3 is 0 Å². The summed E-state index contributed by atoms with van der Waals surface area (Å²) in [6, 6.07) is 12.6. The van der Waals surface area contributed by atoms with Crippen molar-refractivity contribution < 1.29 is 13.2 Å². The molecular formula is C22H25ClN2O3S. The van der Waals surface area contributed by atoms with E-state index in [1.807, 2.05) is 18.2 Å². The minimum absolute atomic E-state index is 0.0118. The average molecular weight is 433 g/mol. The Kier molecular flexibility index (Phi) is 5.95. The first-order valence-corrected chi connectivity index (χ1v) is 12.0. The van der Waals surface area contributed by atoms with E-state index in [1.54, 1.807) is 6.07 Å². The second-order valence-corrected chi connectivity index (χ2v) is 10.0. The van der Waals surface area contributed by atoms with E-state index < -0.39 is 10.0 Å². The molecular weight excluding hydrogens is 408 g/mol. The fourth-order valence-electron chi connectivity index (χ4n) is 4.23. The number of sulfonamides is 1. The first-order chi connectivity index (χ1) is 14.0. The molecule has 2 aromatic rings. The lowest BCUT2D eigenvalue weighted by Gasteiger charge is -2.27. The van der Waals surface area contributed by atoms with Gasteiger partial charge in [0.2, 0.25) is 10.0 Å². The zero-order valence-electron chi connectivity index (χ0n) is 16.2. The smallest absolute Gasteiger partial charge is 0.251 e. The van der Waals surface area contributed by atoms with Crippen LogP contribution in [0.25, 0.3) is 0 Å². The molecule has 0 unspecified atom stereocenters. The molecule has 4 rings (SSSR count). The third-order valence-electron chi connectivity index (χ3n) is 5.80. The highest BCUT2D eigenvalue weighted by atomic mass is 35.5. The molecule has 1 N–H and O–H groups in total. The van der Waals surface area contributed by atoms with Crippen molar-refractivity contribution >= 4 is 27.5 Å². The maximum atomic E-state index is 13.0. The van der Waals surface area contributed by atoms with E-state index in [0.29, 0.717) is 18.7 Å². The molecule has 0 radical (unpaired) electrons. The zero-order chi connectivity index (χ0) is 20.4. The largest absolute Gasteiger partial charge is 0.345 e. The number of piperidine rings is 1. The molecule has 0 saturated carbocycles. The van der Waals surface area contributed by atoms with Crippen molar-refractivity contribution in [3.63, 3.8) is 0 Å². The molecule has 1 aliphatic carbocycles. The molecule has 154 valence electrons. The van der Waals surface area contributed by atoms with Crippen LogP contribution < -0.4 is 5.32 Å². The van der Waals surface area contributed by atoms with Crippen LogP contribution in [0.3, 0.4) is 0 Å². The number of hydrogen-bond acceptors (Lipinski definition) is 3. The van der Waals surface area contributed by atoms with E-state index >= 15 is 0 Å². The molecule has 1 aliphatic heterocycles. The van der Waals surface area contributed by atoms with Crippen LogP contribution in [0.15, 0.2) is 47.4 Å². The Morgan fingerprint density at radius 3 is 2.59 bits per heavy atom. The monoisotopic (exact) mass is 432 g/mol. The van der Waals surface area contributed by atoms with Crippen molar-refractivity contribution in [2.24, 2.45) is 0 Å². The van der Waals surface area contributed by atoms with Crippen molar-refractivity contribution in [3.05, 3.63) is 64.2 Å². The second-order valence-electron chi connectivity index (χ2n) is 7.73. The van der Waals surface area contributed by atoms with Gasteiger partial charge in [-0.2, -0.15) is 4.31 Å². The van der Waals surface area contributed by atoms with Crippen LogP contribution in [-0.4, -0.2) is 31.7 Å². The SMILES string of the molecule is O=C(N[C@@H]1CCCc2ccccc21)c1ccc(Cl)c(S(=O)(=O)N2CCCCC2)c1. The van der Waals surface area contributed by atoms with Gasteiger partial charge < -0.3 is 5.32 Å². The summed E-state index contributed by atoms with van der Waals surface area (Å²) in [5, 5.41) is 3.23. The zero-order valence-corrected chi connectivity index (χ0v) is 17.8. The number of rotatable bonds is 4. The Bertz CT molecular complexity index is 1020. The summed E-state index contributed by atoms with van der Waals surface area (Å²) in [4.78, 5) is 12.9. The lowest BCUT2D eigenvalue weighted by molar-refractivity contribution is 0.0932. The van der Waals surface area contributed by atoms with Crippen molar-refractivity contribution in [1.82, 2.24) is 9.62 Å². The number of carbonyl (C=O) groups excluding carboxylic acids is 1. The molecule has 0 aromatic heterocycles. The molecule has 2 aromatic carbocycles. The molecule has 1 fully saturated rings. The molecule has 5 nitrogen and oxygen atoms in total.